The summed E-state index contributed by atoms with van der Waals surface area (Å²) in [4.78, 5) is 11.2. The summed E-state index contributed by atoms with van der Waals surface area (Å²) in [6, 6.07) is 7.58. The van der Waals surface area contributed by atoms with Crippen LogP contribution in [0, 0.1) is 6.92 Å². The molecule has 2 aromatic rings. The number of carbonyl (C=O) groups excluding carboxylic acids is 1. The number of aliphatic hydroxyl groups excluding tert-OH is 1. The summed E-state index contributed by atoms with van der Waals surface area (Å²) >= 11 is 0. The average molecular weight is 261 g/mol. The Bertz CT molecular complexity index is 563. The minimum atomic E-state index is -0.701. The van der Waals surface area contributed by atoms with Crippen LogP contribution in [0.3, 0.4) is 0 Å². The lowest BCUT2D eigenvalue weighted by Crippen LogP contribution is -2.09. The highest BCUT2D eigenvalue weighted by atomic mass is 16.5. The van der Waals surface area contributed by atoms with Crippen LogP contribution in [0.15, 0.2) is 30.5 Å². The van der Waals surface area contributed by atoms with E-state index in [0.717, 1.165) is 11.1 Å². The first kappa shape index (κ1) is 13.2. The van der Waals surface area contributed by atoms with E-state index in [1.54, 1.807) is 0 Å². The number of nitrogens with zero attached hydrogens (tertiary/aromatic N) is 3. The molecule has 0 aliphatic rings. The van der Waals surface area contributed by atoms with E-state index >= 15 is 0 Å². The van der Waals surface area contributed by atoms with Gasteiger partial charge in [0.15, 0.2) is 5.69 Å². The van der Waals surface area contributed by atoms with E-state index in [9.17, 15) is 9.90 Å². The molecule has 0 amide bonds. The van der Waals surface area contributed by atoms with Gasteiger partial charge in [0.05, 0.1) is 26.0 Å². The molecule has 0 fully saturated rings. The van der Waals surface area contributed by atoms with Crippen LogP contribution < -0.4 is 0 Å². The monoisotopic (exact) mass is 261 g/mol. The van der Waals surface area contributed by atoms with Crippen molar-refractivity contribution in [3.8, 4) is 0 Å². The molecule has 0 saturated heterocycles. The Morgan fingerprint density at radius 2 is 2.11 bits per heavy atom. The zero-order valence-electron chi connectivity index (χ0n) is 10.8. The zero-order valence-corrected chi connectivity index (χ0v) is 10.8. The molecule has 0 aliphatic carbocycles. The SMILES string of the molecule is COC(=O)c1cn(CC(O)c2ccc(C)cc2)nn1. The standard InChI is InChI=1S/C13H15N3O3/c1-9-3-5-10(6-4-9)12(17)8-16-7-11(14-15-16)13(18)19-2/h3-7,12,17H,8H2,1-2H3. The Labute approximate surface area is 110 Å². The fourth-order valence-electron chi connectivity index (χ4n) is 1.66. The molecule has 1 aromatic heterocycles. The first-order valence-electron chi connectivity index (χ1n) is 5.83. The molecule has 1 heterocycles. The van der Waals surface area contributed by atoms with Crippen LogP contribution in [0.5, 0.6) is 0 Å². The summed E-state index contributed by atoms with van der Waals surface area (Å²) in [5.74, 6) is -0.545. The normalized spacial score (nSPS) is 12.2. The zero-order chi connectivity index (χ0) is 13.8. The van der Waals surface area contributed by atoms with Crippen LogP contribution in [0.2, 0.25) is 0 Å². The van der Waals surface area contributed by atoms with E-state index in [0.29, 0.717) is 0 Å². The van der Waals surface area contributed by atoms with Crippen molar-refractivity contribution in [1.29, 1.82) is 0 Å². The Morgan fingerprint density at radius 1 is 1.42 bits per heavy atom. The number of esters is 1. The van der Waals surface area contributed by atoms with Gasteiger partial charge in [0.2, 0.25) is 0 Å². The molecule has 0 radical (unpaired) electrons. The van der Waals surface area contributed by atoms with Gasteiger partial charge in [-0.25, -0.2) is 9.48 Å². The van der Waals surface area contributed by atoms with Gasteiger partial charge >= 0.3 is 5.97 Å². The molecule has 100 valence electrons. The van der Waals surface area contributed by atoms with E-state index in [2.05, 4.69) is 15.0 Å². The van der Waals surface area contributed by atoms with Gasteiger partial charge < -0.3 is 9.84 Å². The highest BCUT2D eigenvalue weighted by Crippen LogP contribution is 2.15. The molecule has 6 nitrogen and oxygen atoms in total. The molecule has 0 saturated carbocycles. The highest BCUT2D eigenvalue weighted by molar-refractivity contribution is 5.86. The highest BCUT2D eigenvalue weighted by Gasteiger charge is 2.13. The van der Waals surface area contributed by atoms with E-state index in [1.165, 1.54) is 18.0 Å². The van der Waals surface area contributed by atoms with E-state index in [1.807, 2.05) is 31.2 Å². The number of aromatic nitrogens is 3. The van der Waals surface area contributed by atoms with Gasteiger partial charge in [0, 0.05) is 0 Å². The molecule has 1 atom stereocenters. The van der Waals surface area contributed by atoms with Crippen molar-refractivity contribution in [1.82, 2.24) is 15.0 Å². The number of ether oxygens (including phenoxy) is 1. The predicted octanol–water partition coefficient (Wildman–Crippen LogP) is 1.11. The number of aryl methyl sites for hydroxylation is 1. The smallest absolute Gasteiger partial charge is 0.360 e. The Morgan fingerprint density at radius 3 is 2.74 bits per heavy atom. The first-order chi connectivity index (χ1) is 9.10. The summed E-state index contributed by atoms with van der Waals surface area (Å²) in [5.41, 5.74) is 2.05. The Hall–Kier alpha value is -2.21. The predicted molar refractivity (Wildman–Crippen MR) is 67.5 cm³/mol. The topological polar surface area (TPSA) is 77.2 Å². The average Bonchev–Trinajstić information content (AvgIpc) is 2.87. The Kier molecular flexibility index (Phi) is 3.91. The maximum absolute atomic E-state index is 11.2. The molecule has 1 unspecified atom stereocenters. The molecule has 0 bridgehead atoms. The van der Waals surface area contributed by atoms with Crippen LogP contribution in [0.25, 0.3) is 0 Å². The minimum Gasteiger partial charge on any atom is -0.464 e. The second-order valence-corrected chi connectivity index (χ2v) is 4.24. The van der Waals surface area contributed by atoms with Crippen LogP contribution in [-0.4, -0.2) is 33.2 Å². The second kappa shape index (κ2) is 5.62. The lowest BCUT2D eigenvalue weighted by Gasteiger charge is -2.10. The molecule has 0 aliphatic heterocycles. The van der Waals surface area contributed by atoms with Crippen molar-refractivity contribution in [2.45, 2.75) is 19.6 Å². The molecule has 1 aromatic carbocycles. The molecular formula is C13H15N3O3. The van der Waals surface area contributed by atoms with Crippen molar-refractivity contribution < 1.29 is 14.6 Å². The third-order valence-electron chi connectivity index (χ3n) is 2.76. The Balaban J connectivity index is 2.06. The van der Waals surface area contributed by atoms with Crippen LogP contribution >= 0.6 is 0 Å². The van der Waals surface area contributed by atoms with E-state index in [-0.39, 0.29) is 12.2 Å². The number of hydrogen-bond donors (Lipinski definition) is 1. The number of methoxy groups -OCH3 is 1. The lowest BCUT2D eigenvalue weighted by atomic mass is 10.1. The number of rotatable bonds is 4. The van der Waals surface area contributed by atoms with Gasteiger partial charge in [-0.2, -0.15) is 0 Å². The summed E-state index contributed by atoms with van der Waals surface area (Å²) in [6.07, 6.45) is 0.747. The second-order valence-electron chi connectivity index (χ2n) is 4.24. The van der Waals surface area contributed by atoms with Crippen LogP contribution in [-0.2, 0) is 11.3 Å². The summed E-state index contributed by atoms with van der Waals surface area (Å²) < 4.78 is 5.95. The quantitative estimate of drug-likeness (QED) is 0.834. The van der Waals surface area contributed by atoms with Gasteiger partial charge in [-0.15, -0.1) is 5.10 Å². The van der Waals surface area contributed by atoms with Gasteiger partial charge in [-0.1, -0.05) is 35.0 Å². The van der Waals surface area contributed by atoms with Gasteiger partial charge in [0.25, 0.3) is 0 Å². The number of benzene rings is 1. The van der Waals surface area contributed by atoms with Crippen LogP contribution in [0.1, 0.15) is 27.7 Å². The fraction of sp³-hybridized carbons (Fsp3) is 0.308. The fourth-order valence-corrected chi connectivity index (χ4v) is 1.66. The lowest BCUT2D eigenvalue weighted by molar-refractivity contribution is 0.0593. The minimum absolute atomic E-state index is 0.124. The van der Waals surface area contributed by atoms with Crippen molar-refractivity contribution in [3.63, 3.8) is 0 Å². The maximum Gasteiger partial charge on any atom is 0.360 e. The molecule has 0 spiro atoms. The number of carbonyl (C=O) groups is 1. The first-order valence-corrected chi connectivity index (χ1v) is 5.83. The maximum atomic E-state index is 11.2. The third kappa shape index (κ3) is 3.17. The number of hydrogen-bond acceptors (Lipinski definition) is 5. The summed E-state index contributed by atoms with van der Waals surface area (Å²) in [6.45, 7) is 2.21. The third-order valence-corrected chi connectivity index (χ3v) is 2.76. The summed E-state index contributed by atoms with van der Waals surface area (Å²) in [5, 5.41) is 17.5. The molecule has 19 heavy (non-hydrogen) atoms. The van der Waals surface area contributed by atoms with Gasteiger partial charge in [-0.3, -0.25) is 0 Å². The number of aliphatic hydroxyl groups is 1. The molecule has 6 heteroatoms. The molecule has 2 rings (SSSR count). The van der Waals surface area contributed by atoms with Crippen molar-refractivity contribution in [2.75, 3.05) is 7.11 Å². The largest absolute Gasteiger partial charge is 0.464 e. The van der Waals surface area contributed by atoms with E-state index in [4.69, 9.17) is 0 Å². The molecular weight excluding hydrogens is 246 g/mol. The summed E-state index contributed by atoms with van der Waals surface area (Å²) in [7, 11) is 1.28. The van der Waals surface area contributed by atoms with Crippen LogP contribution in [0.4, 0.5) is 0 Å². The van der Waals surface area contributed by atoms with Crippen molar-refractivity contribution >= 4 is 5.97 Å². The van der Waals surface area contributed by atoms with Gasteiger partial charge in [0.1, 0.15) is 0 Å². The molecule has 1 N–H and O–H groups in total. The van der Waals surface area contributed by atoms with E-state index < -0.39 is 12.1 Å². The van der Waals surface area contributed by atoms with Crippen molar-refractivity contribution in [3.05, 3.63) is 47.3 Å². The van der Waals surface area contributed by atoms with Gasteiger partial charge in [-0.05, 0) is 12.5 Å². The van der Waals surface area contributed by atoms with Crippen molar-refractivity contribution in [2.24, 2.45) is 0 Å².